The Morgan fingerprint density at radius 3 is 1.68 bits per heavy atom. The summed E-state index contributed by atoms with van der Waals surface area (Å²) in [5.74, 6) is -22.2. The number of aromatic nitrogens is 2. The molecule has 5 aromatic rings. The smallest absolute Gasteiger partial charge is 0.323 e. The average Bonchev–Trinajstić information content (AvgIpc) is 1.63. The summed E-state index contributed by atoms with van der Waals surface area (Å²) in [5, 5.41) is 51.1. The third kappa shape index (κ3) is 30.7. The van der Waals surface area contributed by atoms with Crippen molar-refractivity contribution in [3.8, 4) is 0 Å². The average molecular weight is 1930 g/mol. The van der Waals surface area contributed by atoms with Crippen LogP contribution in [0.15, 0.2) is 85.2 Å². The zero-order chi connectivity index (χ0) is 102. The number of carboxylic acid groups (broad SMARTS) is 1. The number of rotatable bonds is 28. The lowest BCUT2D eigenvalue weighted by Crippen LogP contribution is -2.61. The number of likely N-dealkylation sites (N-methyl/N-ethyl adjacent to an activating group) is 3. The second-order valence-corrected chi connectivity index (χ2v) is 36.2. The lowest BCUT2D eigenvalue weighted by atomic mass is 9.99. The quantitative estimate of drug-likeness (QED) is 0.0236. The first-order valence-electron chi connectivity index (χ1n) is 46.3. The minimum absolute atomic E-state index is 0.0454. The molecule has 0 spiro atoms. The van der Waals surface area contributed by atoms with Gasteiger partial charge in [0.1, 0.15) is 96.9 Å². The number of carboxylic acids is 1. The van der Waals surface area contributed by atoms with E-state index < -0.39 is 298 Å². The molecule has 138 heavy (non-hydrogen) atoms. The molecular weight excluding hydrogens is 1800 g/mol. The second-order valence-electron chi connectivity index (χ2n) is 36.2. The van der Waals surface area contributed by atoms with Crippen molar-refractivity contribution in [2.75, 3.05) is 53.9 Å². The summed E-state index contributed by atoms with van der Waals surface area (Å²) in [7, 11) is 3.75. The summed E-state index contributed by atoms with van der Waals surface area (Å²) in [6, 6.07) is -4.95. The Balaban J connectivity index is 1.23. The van der Waals surface area contributed by atoms with E-state index in [1.165, 1.54) is 51.0 Å². The molecule has 0 radical (unpaired) electrons. The van der Waals surface area contributed by atoms with E-state index in [1.807, 2.05) is 6.92 Å². The Labute approximate surface area is 797 Å². The van der Waals surface area contributed by atoms with Gasteiger partial charge in [-0.15, -0.1) is 0 Å². The number of nitrogens with zero attached hydrogens (tertiary/aromatic N) is 6. The predicted molar refractivity (Wildman–Crippen MR) is 498 cm³/mol. The highest BCUT2D eigenvalue weighted by Crippen LogP contribution is 2.29. The van der Waals surface area contributed by atoms with Gasteiger partial charge in [-0.1, -0.05) is 116 Å². The number of para-hydroxylation sites is 2. The predicted octanol–water partition coefficient (Wildman–Crippen LogP) is -3.12. The van der Waals surface area contributed by atoms with Gasteiger partial charge in [-0.2, -0.15) is 0 Å². The molecule has 5 heterocycles. The molecule has 3 saturated heterocycles. The first-order chi connectivity index (χ1) is 65.3. The highest BCUT2D eigenvalue weighted by Gasteiger charge is 2.47. The molecule has 8 rings (SSSR count). The number of benzene rings is 3. The third-order valence-electron chi connectivity index (χ3n) is 24.6. The second kappa shape index (κ2) is 51.2. The Morgan fingerprint density at radius 2 is 1.04 bits per heavy atom. The number of hydrogen-bond donors (Lipinski definition) is 18. The molecule has 3 fully saturated rings. The number of carbonyl (C=O) groups excluding carboxylic acids is 19. The number of halogens is 1. The van der Waals surface area contributed by atoms with Crippen LogP contribution in [0.3, 0.4) is 0 Å². The summed E-state index contributed by atoms with van der Waals surface area (Å²) in [5.41, 5.74) is 24.5. The highest BCUT2D eigenvalue weighted by atomic mass is 19.1. The van der Waals surface area contributed by atoms with Crippen LogP contribution in [0.2, 0.25) is 0 Å². The van der Waals surface area contributed by atoms with Crippen LogP contribution in [-0.2, 0) is 122 Å². The van der Waals surface area contributed by atoms with Crippen molar-refractivity contribution in [3.05, 3.63) is 108 Å². The molecular formula is C93H131FN22O22. The zero-order valence-electron chi connectivity index (χ0n) is 79.3. The van der Waals surface area contributed by atoms with Crippen molar-refractivity contribution in [2.45, 2.75) is 261 Å². The van der Waals surface area contributed by atoms with Gasteiger partial charge in [-0.05, 0) is 105 Å². The van der Waals surface area contributed by atoms with Gasteiger partial charge in [0.15, 0.2) is 0 Å². The highest BCUT2D eigenvalue weighted by molar-refractivity contribution is 6.03. The van der Waals surface area contributed by atoms with Crippen LogP contribution in [0.5, 0.6) is 0 Å². The van der Waals surface area contributed by atoms with Gasteiger partial charge < -0.3 is 126 Å². The summed E-state index contributed by atoms with van der Waals surface area (Å²) in [4.78, 5) is 297. The number of aliphatic carboxylic acids is 1. The maximum absolute atomic E-state index is 16.0. The first kappa shape index (κ1) is 109. The Bertz CT molecular complexity index is 5280. The summed E-state index contributed by atoms with van der Waals surface area (Å²) < 4.78 is 15.8. The van der Waals surface area contributed by atoms with Gasteiger partial charge >= 0.3 is 5.97 Å². The number of unbranched alkanes of at least 4 members (excludes halogenated alkanes) is 2. The molecule has 22 N–H and O–H groups in total. The maximum atomic E-state index is 16.0. The molecule has 0 bridgehead atoms. The Kier molecular flexibility index (Phi) is 40.6. The molecule has 0 aliphatic carbocycles. The van der Waals surface area contributed by atoms with E-state index in [0.717, 1.165) is 36.6 Å². The molecule has 19 amide bonds. The summed E-state index contributed by atoms with van der Waals surface area (Å²) in [6.07, 6.45) is -2.01. The molecule has 752 valence electrons. The van der Waals surface area contributed by atoms with Crippen molar-refractivity contribution < 1.29 is 110 Å². The van der Waals surface area contributed by atoms with E-state index in [2.05, 4.69) is 63.5 Å². The largest absolute Gasteiger partial charge is 0.480 e. The van der Waals surface area contributed by atoms with Crippen molar-refractivity contribution in [1.82, 2.24) is 92.5 Å². The van der Waals surface area contributed by atoms with Gasteiger partial charge in [0, 0.05) is 107 Å². The van der Waals surface area contributed by atoms with E-state index in [9.17, 15) is 76.9 Å². The third-order valence-corrected chi connectivity index (χ3v) is 24.6. The maximum Gasteiger partial charge on any atom is 0.323 e. The summed E-state index contributed by atoms with van der Waals surface area (Å²) >= 11 is 0. The lowest BCUT2D eigenvalue weighted by molar-refractivity contribution is -0.149. The van der Waals surface area contributed by atoms with Gasteiger partial charge in [0.2, 0.25) is 112 Å². The van der Waals surface area contributed by atoms with Gasteiger partial charge in [-0.3, -0.25) is 95.9 Å². The number of aliphatic hydroxyl groups excluding tert-OH is 1. The number of nitrogens with one attached hydrogen (secondary N) is 12. The number of amides is 19. The monoisotopic (exact) mass is 1930 g/mol. The number of carbonyl (C=O) groups is 20. The van der Waals surface area contributed by atoms with Crippen LogP contribution in [0.1, 0.15) is 161 Å². The fraction of sp³-hybridized carbons (Fsp3) is 0.548. The normalized spacial score (nSPS) is 24.5. The van der Waals surface area contributed by atoms with E-state index in [4.69, 9.17) is 22.9 Å². The number of aliphatic hydroxyl groups is 1. The van der Waals surface area contributed by atoms with Crippen molar-refractivity contribution >= 4 is 140 Å². The van der Waals surface area contributed by atoms with Crippen LogP contribution in [0.25, 0.3) is 21.8 Å². The zero-order valence-corrected chi connectivity index (χ0v) is 79.3. The minimum atomic E-state index is -2.02. The fourth-order valence-corrected chi connectivity index (χ4v) is 17.2. The Morgan fingerprint density at radius 1 is 0.514 bits per heavy atom. The van der Waals surface area contributed by atoms with Gasteiger partial charge in [0.25, 0.3) is 0 Å². The van der Waals surface area contributed by atoms with E-state index >= 15 is 33.6 Å². The van der Waals surface area contributed by atoms with Crippen LogP contribution in [0, 0.1) is 17.7 Å². The van der Waals surface area contributed by atoms with E-state index in [1.54, 1.807) is 89.3 Å². The molecule has 3 aromatic carbocycles. The lowest BCUT2D eigenvalue weighted by Gasteiger charge is -2.36. The number of hydrogen-bond acceptors (Lipinski definition) is 22. The van der Waals surface area contributed by atoms with Gasteiger partial charge in [-0.25, -0.2) is 4.39 Å². The number of primary amides is 4. The Hall–Kier alpha value is -14.0. The van der Waals surface area contributed by atoms with E-state index in [-0.39, 0.29) is 75.0 Å². The molecule has 2 aromatic heterocycles. The molecule has 3 aliphatic rings. The molecule has 45 heteroatoms. The van der Waals surface area contributed by atoms with Crippen LogP contribution in [0.4, 0.5) is 4.39 Å². The van der Waals surface area contributed by atoms with Crippen LogP contribution < -0.4 is 81.4 Å². The minimum Gasteiger partial charge on any atom is -0.480 e. The number of fused-ring (bicyclic) bond motifs is 4. The number of aromatic amines is 1. The van der Waals surface area contributed by atoms with Crippen molar-refractivity contribution in [3.63, 3.8) is 0 Å². The first-order valence-corrected chi connectivity index (χ1v) is 46.3. The SMILES string of the molecule is CCCC[C@H]1C(=O)N(C)[C@@H](CCCC)C(=O)N[C@@H](CC(C)C)C(=O)N[C@H](C(=O)NCC(N)=O)CNCC(=O)N[C@@H](Cc2ccc(F)cc2)C(=O)N(C)[C@@H](C)C(=O)N[C@@H](CC(N)=O)C(=O)N2CCC[C@H]2C(=O)N[C@@H](CCC(N)=O)C(=O)N[C@@H](CC(C)C)C(=O)N2C[C@H](O)C[C@H]2C(=O)N[C@@H](Cc2c[nH]c3ccccc23)C(=O)N[C@@H](CC(N)=O)C(=O)N[C@@H](Cc2cn(CC(=O)O)c3ccccc23)C(=O)N1C. The number of nitrogens with two attached hydrogens (primary N) is 4. The van der Waals surface area contributed by atoms with Crippen LogP contribution in [-0.4, -0.2) is 307 Å². The molecule has 0 saturated carbocycles. The van der Waals surface area contributed by atoms with E-state index in [0.29, 0.717) is 46.6 Å². The molecule has 0 unspecified atom stereocenters. The molecule has 44 nitrogen and oxygen atoms in total. The number of H-pyrrole nitrogens is 1. The molecule has 15 atom stereocenters. The van der Waals surface area contributed by atoms with Crippen molar-refractivity contribution in [1.29, 1.82) is 0 Å². The van der Waals surface area contributed by atoms with Gasteiger partial charge in [0.05, 0.1) is 32.0 Å². The van der Waals surface area contributed by atoms with Crippen molar-refractivity contribution in [2.24, 2.45) is 34.8 Å². The van der Waals surface area contributed by atoms with Crippen LogP contribution >= 0.6 is 0 Å². The summed E-state index contributed by atoms with van der Waals surface area (Å²) in [6.45, 7) is 8.25. The standard InChI is InChI=1S/C93H131FN22O22/c1-11-13-23-70-86(131)105-61(34-49(3)4)83(128)110-68(81(126)101-44-77(98)121)43-99-45-78(122)102-65(36-52-27-29-55(94)30-28-52)89(134)111(8)51(7)80(125)107-67(41-76(97)120)91(136)115-33-19-26-71(115)87(132)103-60(31-32-74(95)118)82(127)108-64(35-50(5)6)92(137)116-47-56(117)39-73(116)88(133)106-62(37-53-42-100-59-22-17-15-20-57(53)59)84(129)104-63(40-75(96)119)85(130)109-66(90(135)113(10)72(24-14-12-2)93(138)112(70)9)38-54-46-114(48-79(123)124)69-25-18-16-21-58(54)69/h15-18,20-22,25,27-30,42,46,49-51,56,60-68,70-73,99-100,117H,11-14,19,23-24,26,31-41,43-45,47-48H2,1-10H3,(H2,95,118)(H2,96,119)(H2,97,120)(H2,98,121)(H,101,126)(H,102,122)(H,103,132)(H,104,129)(H,105,131)(H,106,133)(H,107,125)(H,108,127)(H,109,130)(H,110,128)(H,123,124)/t51-,56+,60-,61-,62-,63-,64-,65-,66-,67-,68-,70-,71-,72-,73-/m0/s1. The topological polar surface area (TPSA) is 655 Å². The fourth-order valence-electron chi connectivity index (χ4n) is 17.2. The molecule has 3 aliphatic heterocycles.